The van der Waals surface area contributed by atoms with Crippen LogP contribution in [0.1, 0.15) is 0 Å². The van der Waals surface area contributed by atoms with E-state index in [0.717, 1.165) is 27.6 Å². The summed E-state index contributed by atoms with van der Waals surface area (Å²) in [5.74, 6) is 0. The fourth-order valence-electron chi connectivity index (χ4n) is 9.19. The molecule has 0 aliphatic rings. The minimum absolute atomic E-state index is 0.889. The quantitative estimate of drug-likeness (QED) is 0.173. The summed E-state index contributed by atoms with van der Waals surface area (Å²) in [7, 11) is 0. The van der Waals surface area contributed by atoms with Crippen molar-refractivity contribution in [2.75, 3.05) is 0 Å². The van der Waals surface area contributed by atoms with Gasteiger partial charge in [-0.15, -0.1) is 0 Å². The molecule has 0 aliphatic heterocycles. The minimum atomic E-state index is 0.889. The average Bonchev–Trinajstić information content (AvgIpc) is 3.94. The van der Waals surface area contributed by atoms with Gasteiger partial charge in [-0.2, -0.15) is 0 Å². The molecule has 3 heterocycles. The van der Waals surface area contributed by atoms with E-state index in [1.54, 1.807) is 0 Å². The Morgan fingerprint density at radius 3 is 1.54 bits per heavy atom. The van der Waals surface area contributed by atoms with Gasteiger partial charge >= 0.3 is 0 Å². The number of para-hydroxylation sites is 3. The molecule has 12 rings (SSSR count). The lowest BCUT2D eigenvalue weighted by Gasteiger charge is -2.14. The van der Waals surface area contributed by atoms with Gasteiger partial charge in [-0.25, -0.2) is 0 Å². The lowest BCUT2D eigenvalue weighted by molar-refractivity contribution is 0.669. The van der Waals surface area contributed by atoms with Crippen molar-refractivity contribution >= 4 is 65.6 Å². The molecule has 0 radical (unpaired) electrons. The third-order valence-corrected chi connectivity index (χ3v) is 11.7. The molecule has 0 N–H and O–H groups in total. The zero-order valence-corrected chi connectivity index (χ0v) is 30.9. The molecule has 3 nitrogen and oxygen atoms in total. The van der Waals surface area contributed by atoms with E-state index in [1.807, 2.05) is 0 Å². The maximum Gasteiger partial charge on any atom is 0.136 e. The molecule has 0 spiro atoms. The highest BCUT2D eigenvalue weighted by Crippen LogP contribution is 2.42. The summed E-state index contributed by atoms with van der Waals surface area (Å²) < 4.78 is 11.3. The van der Waals surface area contributed by atoms with Gasteiger partial charge in [-0.05, 0) is 94.5 Å². The summed E-state index contributed by atoms with van der Waals surface area (Å²) in [5.41, 5.74) is 16.0. The Labute approximate surface area is 328 Å². The molecule has 266 valence electrons. The van der Waals surface area contributed by atoms with E-state index < -0.39 is 0 Å². The molecule has 0 saturated heterocycles. The fourth-order valence-corrected chi connectivity index (χ4v) is 9.19. The van der Waals surface area contributed by atoms with Crippen LogP contribution in [0.3, 0.4) is 0 Å². The molecular formula is C54H34N2O. The predicted molar refractivity (Wildman–Crippen MR) is 239 cm³/mol. The number of rotatable bonds is 5. The van der Waals surface area contributed by atoms with Gasteiger partial charge in [0.05, 0.1) is 27.8 Å². The summed E-state index contributed by atoms with van der Waals surface area (Å²) in [5, 5.41) is 7.19. The van der Waals surface area contributed by atoms with Crippen LogP contribution in [0.15, 0.2) is 211 Å². The summed E-state index contributed by atoms with van der Waals surface area (Å²) in [4.78, 5) is 0. The second kappa shape index (κ2) is 12.5. The number of fused-ring (bicyclic) bond motifs is 9. The van der Waals surface area contributed by atoms with Crippen molar-refractivity contribution < 1.29 is 4.42 Å². The zero-order valence-electron chi connectivity index (χ0n) is 30.9. The van der Waals surface area contributed by atoms with Crippen LogP contribution in [0.5, 0.6) is 0 Å². The molecule has 0 saturated carbocycles. The molecule has 12 aromatic rings. The van der Waals surface area contributed by atoms with E-state index in [-0.39, 0.29) is 0 Å². The van der Waals surface area contributed by atoms with Crippen LogP contribution in [-0.4, -0.2) is 9.13 Å². The second-order valence-corrected chi connectivity index (χ2v) is 14.9. The van der Waals surface area contributed by atoms with Gasteiger partial charge in [0.1, 0.15) is 11.2 Å². The lowest BCUT2D eigenvalue weighted by atomic mass is 9.99. The Bertz CT molecular complexity index is 3510. The Morgan fingerprint density at radius 1 is 0.298 bits per heavy atom. The van der Waals surface area contributed by atoms with Crippen molar-refractivity contribution in [2.45, 2.75) is 0 Å². The van der Waals surface area contributed by atoms with Crippen molar-refractivity contribution in [3.8, 4) is 44.8 Å². The Balaban J connectivity index is 1.03. The standard InChI is InChI=1S/C54H34N2O/c1-3-14-35(15-4-1)40-18-7-10-22-47(40)56-49-24-12-9-20-43(49)45-33-38(27-30-51(45)56)37-26-29-50-44(32-37)42-19-8-11-23-48(42)55(50)39-28-31-52-46(34-39)54-41(21-13-25-53(54)57-52)36-16-5-2-6-17-36/h1-34H. The molecule has 0 unspecified atom stereocenters. The van der Waals surface area contributed by atoms with E-state index in [9.17, 15) is 0 Å². The van der Waals surface area contributed by atoms with E-state index in [1.165, 1.54) is 82.7 Å². The predicted octanol–water partition coefficient (Wildman–Crippen LogP) is 14.8. The number of hydrogen-bond acceptors (Lipinski definition) is 1. The maximum absolute atomic E-state index is 6.43. The smallest absolute Gasteiger partial charge is 0.136 e. The molecule has 9 aromatic carbocycles. The maximum atomic E-state index is 6.43. The third kappa shape index (κ3) is 4.86. The van der Waals surface area contributed by atoms with Crippen LogP contribution >= 0.6 is 0 Å². The molecule has 57 heavy (non-hydrogen) atoms. The number of hydrogen-bond donors (Lipinski definition) is 0. The normalized spacial score (nSPS) is 11.9. The van der Waals surface area contributed by atoms with E-state index in [0.29, 0.717) is 0 Å². The lowest BCUT2D eigenvalue weighted by Crippen LogP contribution is -1.97. The first kappa shape index (κ1) is 31.7. The fraction of sp³-hybridized carbons (Fsp3) is 0. The van der Waals surface area contributed by atoms with Crippen molar-refractivity contribution in [2.24, 2.45) is 0 Å². The van der Waals surface area contributed by atoms with Gasteiger partial charge in [0.25, 0.3) is 0 Å². The van der Waals surface area contributed by atoms with Gasteiger partial charge in [-0.3, -0.25) is 0 Å². The monoisotopic (exact) mass is 726 g/mol. The van der Waals surface area contributed by atoms with Crippen LogP contribution in [-0.2, 0) is 0 Å². The first-order valence-corrected chi connectivity index (χ1v) is 19.5. The zero-order chi connectivity index (χ0) is 37.5. The highest BCUT2D eigenvalue weighted by molar-refractivity contribution is 6.15. The number of aromatic nitrogens is 2. The number of furan rings is 1. The summed E-state index contributed by atoms with van der Waals surface area (Å²) >= 11 is 0. The Hall–Kier alpha value is -7.62. The minimum Gasteiger partial charge on any atom is -0.456 e. The highest BCUT2D eigenvalue weighted by Gasteiger charge is 2.19. The van der Waals surface area contributed by atoms with Crippen molar-refractivity contribution in [3.63, 3.8) is 0 Å². The SMILES string of the molecule is c1ccc(-c2ccccc2-n2c3ccccc3c3cc(-c4ccc5c(c4)c4ccccc4n5-c4ccc5oc6cccc(-c7ccccc7)c6c5c4)ccc32)cc1. The first-order valence-electron chi connectivity index (χ1n) is 19.5. The highest BCUT2D eigenvalue weighted by atomic mass is 16.3. The molecule has 0 fully saturated rings. The summed E-state index contributed by atoms with van der Waals surface area (Å²) in [6.07, 6.45) is 0. The molecule has 3 heteroatoms. The third-order valence-electron chi connectivity index (χ3n) is 11.7. The first-order chi connectivity index (χ1) is 28.3. The number of nitrogens with zero attached hydrogens (tertiary/aromatic N) is 2. The van der Waals surface area contributed by atoms with Crippen LogP contribution in [0.4, 0.5) is 0 Å². The average molecular weight is 727 g/mol. The van der Waals surface area contributed by atoms with Crippen LogP contribution in [0.2, 0.25) is 0 Å². The molecular weight excluding hydrogens is 693 g/mol. The Morgan fingerprint density at radius 2 is 0.842 bits per heavy atom. The van der Waals surface area contributed by atoms with Crippen LogP contribution < -0.4 is 0 Å². The molecule has 0 atom stereocenters. The van der Waals surface area contributed by atoms with E-state index in [4.69, 9.17) is 4.42 Å². The van der Waals surface area contributed by atoms with Gasteiger partial charge in [0, 0.05) is 43.6 Å². The van der Waals surface area contributed by atoms with Crippen LogP contribution in [0.25, 0.3) is 110 Å². The van der Waals surface area contributed by atoms with E-state index >= 15 is 0 Å². The van der Waals surface area contributed by atoms with Gasteiger partial charge in [0.2, 0.25) is 0 Å². The second-order valence-electron chi connectivity index (χ2n) is 14.9. The molecule has 0 aliphatic carbocycles. The van der Waals surface area contributed by atoms with Crippen molar-refractivity contribution in [1.82, 2.24) is 9.13 Å². The topological polar surface area (TPSA) is 23.0 Å². The molecule has 0 bridgehead atoms. The van der Waals surface area contributed by atoms with Gasteiger partial charge in [-0.1, -0.05) is 140 Å². The summed E-state index contributed by atoms with van der Waals surface area (Å²) in [6.45, 7) is 0. The van der Waals surface area contributed by atoms with Crippen LogP contribution in [0, 0.1) is 0 Å². The molecule has 3 aromatic heterocycles. The van der Waals surface area contributed by atoms with E-state index in [2.05, 4.69) is 215 Å². The number of benzene rings is 9. The largest absolute Gasteiger partial charge is 0.456 e. The molecule has 0 amide bonds. The Kier molecular flexibility index (Phi) is 6.93. The van der Waals surface area contributed by atoms with Crippen molar-refractivity contribution in [3.05, 3.63) is 206 Å². The van der Waals surface area contributed by atoms with Gasteiger partial charge in [0.15, 0.2) is 0 Å². The van der Waals surface area contributed by atoms with Crippen molar-refractivity contribution in [1.29, 1.82) is 0 Å². The van der Waals surface area contributed by atoms with Gasteiger partial charge < -0.3 is 13.6 Å². The summed E-state index contributed by atoms with van der Waals surface area (Å²) in [6, 6.07) is 74.4.